The van der Waals surface area contributed by atoms with Gasteiger partial charge in [-0.25, -0.2) is 0 Å². The summed E-state index contributed by atoms with van der Waals surface area (Å²) >= 11 is 0. The number of nitrogens with two attached hydrogens (primary N) is 1. The summed E-state index contributed by atoms with van der Waals surface area (Å²) < 4.78 is 0. The van der Waals surface area contributed by atoms with Crippen LogP contribution >= 0.6 is 0 Å². The standard InChI is InChI=1S/C11H22N2O/c1-8(2)9(12)10(14)13-6-5-11(7-13)3-4-11/h8-10,14H,3-7,12H2,1-2H3. The van der Waals surface area contributed by atoms with E-state index in [1.165, 1.54) is 19.3 Å². The van der Waals surface area contributed by atoms with Crippen LogP contribution in [0.1, 0.15) is 33.1 Å². The highest BCUT2D eigenvalue weighted by Gasteiger charge is 2.49. The molecule has 2 atom stereocenters. The van der Waals surface area contributed by atoms with E-state index in [2.05, 4.69) is 18.7 Å². The maximum Gasteiger partial charge on any atom is 0.122 e. The molecule has 1 heterocycles. The van der Waals surface area contributed by atoms with Crippen LogP contribution in [0.5, 0.6) is 0 Å². The number of aliphatic hydroxyl groups excluding tert-OH is 1. The van der Waals surface area contributed by atoms with Crippen LogP contribution in [0.25, 0.3) is 0 Å². The van der Waals surface area contributed by atoms with Crippen LogP contribution in [0, 0.1) is 11.3 Å². The van der Waals surface area contributed by atoms with Gasteiger partial charge in [0.05, 0.1) is 0 Å². The number of aliphatic hydroxyl groups is 1. The summed E-state index contributed by atoms with van der Waals surface area (Å²) in [5.74, 6) is 0.348. The van der Waals surface area contributed by atoms with E-state index in [1.54, 1.807) is 0 Å². The second kappa shape index (κ2) is 3.47. The van der Waals surface area contributed by atoms with Gasteiger partial charge < -0.3 is 10.8 Å². The van der Waals surface area contributed by atoms with E-state index >= 15 is 0 Å². The Morgan fingerprint density at radius 3 is 2.36 bits per heavy atom. The van der Waals surface area contributed by atoms with Crippen molar-refractivity contribution in [1.29, 1.82) is 0 Å². The Hall–Kier alpha value is -0.120. The van der Waals surface area contributed by atoms with Gasteiger partial charge in [-0.15, -0.1) is 0 Å². The summed E-state index contributed by atoms with van der Waals surface area (Å²) in [7, 11) is 0. The van der Waals surface area contributed by atoms with Crippen LogP contribution in [0.3, 0.4) is 0 Å². The lowest BCUT2D eigenvalue weighted by molar-refractivity contribution is -0.0139. The second-order valence-corrected chi connectivity index (χ2v) is 5.46. The van der Waals surface area contributed by atoms with Gasteiger partial charge in [-0.3, -0.25) is 4.90 Å². The first-order chi connectivity index (χ1) is 6.54. The highest BCUT2D eigenvalue weighted by atomic mass is 16.3. The summed E-state index contributed by atoms with van der Waals surface area (Å²) in [6.45, 7) is 6.23. The Bertz CT molecular complexity index is 213. The molecule has 1 saturated carbocycles. The predicted octanol–water partition coefficient (Wildman–Crippen LogP) is 0.774. The summed E-state index contributed by atoms with van der Waals surface area (Å²) in [5.41, 5.74) is 6.54. The molecule has 0 radical (unpaired) electrons. The van der Waals surface area contributed by atoms with E-state index in [4.69, 9.17) is 5.73 Å². The van der Waals surface area contributed by atoms with Crippen molar-refractivity contribution in [2.45, 2.75) is 45.4 Å². The van der Waals surface area contributed by atoms with Gasteiger partial charge in [0, 0.05) is 19.1 Å². The van der Waals surface area contributed by atoms with Gasteiger partial charge in [0.1, 0.15) is 6.23 Å². The van der Waals surface area contributed by atoms with Crippen molar-refractivity contribution in [3.63, 3.8) is 0 Å². The zero-order chi connectivity index (χ0) is 10.3. The molecule has 14 heavy (non-hydrogen) atoms. The molecule has 0 aromatic carbocycles. The van der Waals surface area contributed by atoms with Crippen LogP contribution in [0.15, 0.2) is 0 Å². The topological polar surface area (TPSA) is 49.5 Å². The Kier molecular flexibility index (Phi) is 2.58. The van der Waals surface area contributed by atoms with Gasteiger partial charge in [0.25, 0.3) is 0 Å². The molecule has 0 bridgehead atoms. The monoisotopic (exact) mass is 198 g/mol. The summed E-state index contributed by atoms with van der Waals surface area (Å²) in [6.07, 6.45) is 3.53. The first kappa shape index (κ1) is 10.4. The number of nitrogens with zero attached hydrogens (tertiary/aromatic N) is 1. The molecule has 3 nitrogen and oxygen atoms in total. The predicted molar refractivity (Wildman–Crippen MR) is 56.7 cm³/mol. The summed E-state index contributed by atoms with van der Waals surface area (Å²) in [6, 6.07) is -0.108. The first-order valence-corrected chi connectivity index (χ1v) is 5.72. The molecular formula is C11H22N2O. The molecule has 1 spiro atoms. The summed E-state index contributed by atoms with van der Waals surface area (Å²) in [4.78, 5) is 2.16. The molecule has 1 saturated heterocycles. The fourth-order valence-electron chi connectivity index (χ4n) is 2.37. The smallest absolute Gasteiger partial charge is 0.122 e. The Morgan fingerprint density at radius 2 is 1.93 bits per heavy atom. The highest BCUT2D eigenvalue weighted by Crippen LogP contribution is 2.52. The van der Waals surface area contributed by atoms with Gasteiger partial charge in [-0.1, -0.05) is 13.8 Å². The average Bonchev–Trinajstić information content (AvgIpc) is 2.74. The normalized spacial score (nSPS) is 29.8. The van der Waals surface area contributed by atoms with Gasteiger partial charge in [-0.05, 0) is 30.6 Å². The van der Waals surface area contributed by atoms with Crippen LogP contribution in [-0.4, -0.2) is 35.4 Å². The lowest BCUT2D eigenvalue weighted by Gasteiger charge is -2.30. The molecule has 82 valence electrons. The van der Waals surface area contributed by atoms with E-state index in [1.807, 2.05) is 0 Å². The van der Waals surface area contributed by atoms with E-state index < -0.39 is 6.23 Å². The molecule has 2 unspecified atom stereocenters. The lowest BCUT2D eigenvalue weighted by atomic mass is 10.0. The molecule has 2 aliphatic rings. The van der Waals surface area contributed by atoms with Crippen LogP contribution < -0.4 is 5.73 Å². The molecule has 3 heteroatoms. The number of hydrogen-bond acceptors (Lipinski definition) is 3. The van der Waals surface area contributed by atoms with Crippen LogP contribution in [0.2, 0.25) is 0 Å². The highest BCUT2D eigenvalue weighted by molar-refractivity contribution is 5.01. The van der Waals surface area contributed by atoms with Crippen molar-refractivity contribution in [3.8, 4) is 0 Å². The van der Waals surface area contributed by atoms with Crippen molar-refractivity contribution in [2.75, 3.05) is 13.1 Å². The van der Waals surface area contributed by atoms with E-state index in [-0.39, 0.29) is 6.04 Å². The molecule has 0 aromatic rings. The molecule has 1 aliphatic heterocycles. The number of likely N-dealkylation sites (tertiary alicyclic amines) is 1. The van der Waals surface area contributed by atoms with Crippen molar-refractivity contribution in [2.24, 2.45) is 17.1 Å². The minimum Gasteiger partial charge on any atom is -0.377 e. The maximum absolute atomic E-state index is 10.0. The maximum atomic E-state index is 10.0. The van der Waals surface area contributed by atoms with Gasteiger partial charge in [-0.2, -0.15) is 0 Å². The number of rotatable bonds is 3. The number of hydrogen-bond donors (Lipinski definition) is 2. The third kappa shape index (κ3) is 1.81. The van der Waals surface area contributed by atoms with Gasteiger partial charge in [0.15, 0.2) is 0 Å². The minimum atomic E-state index is -0.435. The van der Waals surface area contributed by atoms with Gasteiger partial charge >= 0.3 is 0 Å². The Labute approximate surface area is 86.3 Å². The third-order valence-electron chi connectivity index (χ3n) is 3.91. The fourth-order valence-corrected chi connectivity index (χ4v) is 2.37. The zero-order valence-electron chi connectivity index (χ0n) is 9.24. The largest absolute Gasteiger partial charge is 0.377 e. The minimum absolute atomic E-state index is 0.108. The second-order valence-electron chi connectivity index (χ2n) is 5.46. The van der Waals surface area contributed by atoms with E-state index in [0.717, 1.165) is 13.1 Å². The van der Waals surface area contributed by atoms with Crippen molar-refractivity contribution < 1.29 is 5.11 Å². The molecule has 1 aliphatic carbocycles. The quantitative estimate of drug-likeness (QED) is 0.704. The Morgan fingerprint density at radius 1 is 1.29 bits per heavy atom. The molecule has 0 amide bonds. The van der Waals surface area contributed by atoms with E-state index in [9.17, 15) is 5.11 Å². The molecule has 3 N–H and O–H groups in total. The fraction of sp³-hybridized carbons (Fsp3) is 1.00. The molecular weight excluding hydrogens is 176 g/mol. The lowest BCUT2D eigenvalue weighted by Crippen LogP contribution is -2.49. The zero-order valence-corrected chi connectivity index (χ0v) is 9.24. The van der Waals surface area contributed by atoms with Crippen molar-refractivity contribution >= 4 is 0 Å². The molecule has 0 aromatic heterocycles. The van der Waals surface area contributed by atoms with Crippen LogP contribution in [0.4, 0.5) is 0 Å². The average molecular weight is 198 g/mol. The summed E-state index contributed by atoms with van der Waals surface area (Å²) in [5, 5.41) is 10.0. The van der Waals surface area contributed by atoms with Crippen LogP contribution in [-0.2, 0) is 0 Å². The SMILES string of the molecule is CC(C)C(N)C(O)N1CCC2(CC2)C1. The molecule has 2 fully saturated rings. The molecule has 2 rings (SSSR count). The third-order valence-corrected chi connectivity index (χ3v) is 3.91. The first-order valence-electron chi connectivity index (χ1n) is 5.72. The van der Waals surface area contributed by atoms with Crippen molar-refractivity contribution in [1.82, 2.24) is 4.90 Å². The van der Waals surface area contributed by atoms with E-state index in [0.29, 0.717) is 11.3 Å². The Balaban J connectivity index is 1.89. The van der Waals surface area contributed by atoms with Crippen molar-refractivity contribution in [3.05, 3.63) is 0 Å². The van der Waals surface area contributed by atoms with Gasteiger partial charge in [0.2, 0.25) is 0 Å².